The van der Waals surface area contributed by atoms with Gasteiger partial charge in [0.2, 0.25) is 6.10 Å². The van der Waals surface area contributed by atoms with Crippen LogP contribution in [0.25, 0.3) is 0 Å². The van der Waals surface area contributed by atoms with E-state index in [9.17, 15) is 31.1 Å². The zero-order chi connectivity index (χ0) is 28.3. The molecule has 0 aliphatic carbocycles. The first kappa shape index (κ1) is 29.0. The highest BCUT2D eigenvalue weighted by Crippen LogP contribution is 2.39. The van der Waals surface area contributed by atoms with Crippen molar-refractivity contribution in [1.29, 1.82) is 0 Å². The van der Waals surface area contributed by atoms with E-state index in [0.29, 0.717) is 37.0 Å². The van der Waals surface area contributed by atoms with E-state index in [1.165, 1.54) is 16.7 Å². The van der Waals surface area contributed by atoms with Gasteiger partial charge < -0.3 is 23.8 Å². The largest absolute Gasteiger partial charge is 0.497 e. The van der Waals surface area contributed by atoms with Crippen LogP contribution in [-0.4, -0.2) is 72.1 Å². The van der Waals surface area contributed by atoms with E-state index in [-0.39, 0.29) is 32.3 Å². The molecule has 0 radical (unpaired) electrons. The number of amides is 1. The van der Waals surface area contributed by atoms with Crippen molar-refractivity contribution in [2.75, 3.05) is 33.4 Å². The zero-order valence-electron chi connectivity index (χ0n) is 21.1. The molecule has 0 N–H and O–H groups in total. The summed E-state index contributed by atoms with van der Waals surface area (Å²) in [5, 5.41) is 3.81. The van der Waals surface area contributed by atoms with Crippen LogP contribution in [0.15, 0.2) is 36.7 Å². The van der Waals surface area contributed by atoms with Gasteiger partial charge >= 0.3 is 18.4 Å². The number of ether oxygens (including phenoxy) is 4. The van der Waals surface area contributed by atoms with Crippen molar-refractivity contribution in [3.63, 3.8) is 0 Å². The third-order valence-electron chi connectivity index (χ3n) is 7.06. The number of likely N-dealkylation sites (tertiary alicyclic amines) is 1. The fraction of sp³-hybridized carbons (Fsp3) is 0.600. The molecule has 1 spiro atoms. The molecule has 8 nitrogen and oxygen atoms in total. The molecule has 0 bridgehead atoms. The molecule has 1 aromatic carbocycles. The SMILES string of the molecule is COc1ccc(COC[C@@H](OC(=O)N2CCC3(CCC(n4cc(C(F)(F)F)cn4)CO3)CC2)C(F)(F)F)cc1. The van der Waals surface area contributed by atoms with E-state index < -0.39 is 42.3 Å². The highest BCUT2D eigenvalue weighted by molar-refractivity contribution is 5.68. The first-order valence-electron chi connectivity index (χ1n) is 12.4. The molecule has 1 aromatic heterocycles. The van der Waals surface area contributed by atoms with E-state index in [2.05, 4.69) is 5.10 Å². The molecule has 216 valence electrons. The summed E-state index contributed by atoms with van der Waals surface area (Å²) >= 11 is 0. The number of halogens is 6. The third-order valence-corrected chi connectivity index (χ3v) is 7.06. The van der Waals surface area contributed by atoms with Crippen molar-refractivity contribution >= 4 is 6.09 Å². The summed E-state index contributed by atoms with van der Waals surface area (Å²) in [4.78, 5) is 13.7. The molecule has 2 aliphatic heterocycles. The van der Waals surface area contributed by atoms with Crippen molar-refractivity contribution in [2.24, 2.45) is 0 Å². The summed E-state index contributed by atoms with van der Waals surface area (Å²) in [6.45, 7) is -0.561. The molecule has 2 fully saturated rings. The molecular formula is C25H29F6N3O5. The summed E-state index contributed by atoms with van der Waals surface area (Å²) in [5.74, 6) is 0.597. The lowest BCUT2D eigenvalue weighted by Gasteiger charge is -2.45. The maximum atomic E-state index is 13.5. The van der Waals surface area contributed by atoms with Crippen LogP contribution in [0.3, 0.4) is 0 Å². The molecule has 4 rings (SSSR count). The Morgan fingerprint density at radius 3 is 2.36 bits per heavy atom. The fourth-order valence-electron chi connectivity index (χ4n) is 4.64. The van der Waals surface area contributed by atoms with Crippen LogP contribution in [0.1, 0.15) is 42.9 Å². The van der Waals surface area contributed by atoms with Crippen LogP contribution in [-0.2, 0) is 27.0 Å². The van der Waals surface area contributed by atoms with E-state index in [1.54, 1.807) is 24.3 Å². The second-order valence-electron chi connectivity index (χ2n) is 9.66. The Morgan fingerprint density at radius 1 is 1.13 bits per heavy atom. The number of rotatable bonds is 7. The van der Waals surface area contributed by atoms with Gasteiger partial charge in [-0.15, -0.1) is 0 Å². The fourth-order valence-corrected chi connectivity index (χ4v) is 4.64. The number of carbonyl (C=O) groups excluding carboxylic acids is 1. The quantitative estimate of drug-likeness (QED) is 0.420. The first-order chi connectivity index (χ1) is 18.4. The van der Waals surface area contributed by atoms with Gasteiger partial charge in [0.25, 0.3) is 0 Å². The number of alkyl halides is 6. The van der Waals surface area contributed by atoms with Gasteiger partial charge in [0, 0.05) is 19.3 Å². The van der Waals surface area contributed by atoms with E-state index in [0.717, 1.165) is 12.4 Å². The minimum atomic E-state index is -4.81. The van der Waals surface area contributed by atoms with Gasteiger partial charge in [0.15, 0.2) is 0 Å². The van der Waals surface area contributed by atoms with Gasteiger partial charge in [-0.2, -0.15) is 31.4 Å². The van der Waals surface area contributed by atoms with Crippen LogP contribution >= 0.6 is 0 Å². The molecule has 1 unspecified atom stereocenters. The summed E-state index contributed by atoms with van der Waals surface area (Å²) < 4.78 is 101. The minimum absolute atomic E-state index is 0.102. The van der Waals surface area contributed by atoms with Gasteiger partial charge in [-0.05, 0) is 43.4 Å². The molecule has 2 atom stereocenters. The number of hydrogen-bond acceptors (Lipinski definition) is 6. The van der Waals surface area contributed by atoms with Gasteiger partial charge in [0.05, 0.1) is 50.3 Å². The van der Waals surface area contributed by atoms with Crippen molar-refractivity contribution in [2.45, 2.75) is 62.4 Å². The van der Waals surface area contributed by atoms with E-state index in [1.807, 2.05) is 0 Å². The second kappa shape index (κ2) is 11.6. The van der Waals surface area contributed by atoms with Crippen LogP contribution in [0, 0.1) is 0 Å². The number of piperidine rings is 1. The molecule has 3 heterocycles. The summed E-state index contributed by atoms with van der Waals surface area (Å²) in [5.41, 5.74) is -0.802. The number of aromatic nitrogens is 2. The molecule has 1 amide bonds. The molecule has 2 saturated heterocycles. The van der Waals surface area contributed by atoms with Gasteiger partial charge in [-0.3, -0.25) is 4.68 Å². The Morgan fingerprint density at radius 2 is 1.82 bits per heavy atom. The van der Waals surface area contributed by atoms with Crippen LogP contribution in [0.2, 0.25) is 0 Å². The highest BCUT2D eigenvalue weighted by atomic mass is 19.4. The minimum Gasteiger partial charge on any atom is -0.497 e. The average Bonchev–Trinajstić information content (AvgIpc) is 3.40. The van der Waals surface area contributed by atoms with Crippen molar-refractivity contribution in [3.8, 4) is 5.75 Å². The Balaban J connectivity index is 1.24. The Hall–Kier alpha value is -3.00. The third kappa shape index (κ3) is 7.35. The Kier molecular flexibility index (Phi) is 8.64. The Labute approximate surface area is 220 Å². The maximum Gasteiger partial charge on any atom is 0.427 e. The average molecular weight is 566 g/mol. The lowest BCUT2D eigenvalue weighted by atomic mass is 9.83. The standard InChI is InChI=1S/C25H29F6N3O5/c1-36-20-4-2-17(3-5-20)14-37-16-21(25(29,30)31)39-22(35)33-10-8-23(9-11-33)7-6-19(15-38-23)34-13-18(12-32-34)24(26,27)28/h2-5,12-13,19,21H,6-11,14-16H2,1H3/t19?,21-/m1/s1. The Bertz CT molecular complexity index is 1090. The number of benzene rings is 1. The predicted molar refractivity (Wildman–Crippen MR) is 124 cm³/mol. The monoisotopic (exact) mass is 565 g/mol. The predicted octanol–water partition coefficient (Wildman–Crippen LogP) is 5.38. The summed E-state index contributed by atoms with van der Waals surface area (Å²) in [6.07, 6.45) is -9.33. The second-order valence-corrected chi connectivity index (χ2v) is 9.66. The smallest absolute Gasteiger partial charge is 0.427 e. The van der Waals surface area contributed by atoms with Crippen molar-refractivity contribution < 1.29 is 50.1 Å². The number of nitrogens with zero attached hydrogens (tertiary/aromatic N) is 3. The lowest BCUT2D eigenvalue weighted by molar-refractivity contribution is -0.220. The van der Waals surface area contributed by atoms with E-state index in [4.69, 9.17) is 18.9 Å². The van der Waals surface area contributed by atoms with Gasteiger partial charge in [0.1, 0.15) is 5.75 Å². The number of methoxy groups -OCH3 is 1. The van der Waals surface area contributed by atoms with Crippen molar-refractivity contribution in [3.05, 3.63) is 47.8 Å². The normalized spacial score (nSPS) is 20.6. The lowest BCUT2D eigenvalue weighted by Crippen LogP contribution is -2.52. The molecule has 39 heavy (non-hydrogen) atoms. The number of hydrogen-bond donors (Lipinski definition) is 0. The van der Waals surface area contributed by atoms with Gasteiger partial charge in [-0.1, -0.05) is 12.1 Å². The molecular weight excluding hydrogens is 536 g/mol. The first-order valence-corrected chi connectivity index (χ1v) is 12.4. The van der Waals surface area contributed by atoms with Crippen LogP contribution in [0.5, 0.6) is 5.75 Å². The van der Waals surface area contributed by atoms with Gasteiger partial charge in [-0.25, -0.2) is 4.79 Å². The van der Waals surface area contributed by atoms with Crippen molar-refractivity contribution in [1.82, 2.24) is 14.7 Å². The number of carbonyl (C=O) groups is 1. The van der Waals surface area contributed by atoms with E-state index >= 15 is 0 Å². The maximum absolute atomic E-state index is 13.5. The summed E-state index contributed by atoms with van der Waals surface area (Å²) in [7, 11) is 1.49. The summed E-state index contributed by atoms with van der Waals surface area (Å²) in [6, 6.07) is 6.25. The topological polar surface area (TPSA) is 75.1 Å². The molecule has 2 aliphatic rings. The highest BCUT2D eigenvalue weighted by Gasteiger charge is 2.46. The molecule has 0 saturated carbocycles. The van der Waals surface area contributed by atoms with Crippen LogP contribution < -0.4 is 4.74 Å². The molecule has 2 aromatic rings. The zero-order valence-corrected chi connectivity index (χ0v) is 21.1. The van der Waals surface area contributed by atoms with Crippen LogP contribution in [0.4, 0.5) is 31.1 Å². The molecule has 14 heteroatoms.